The van der Waals surface area contributed by atoms with E-state index >= 15 is 0 Å². The number of carbonyl (C=O) groups is 2. The molecule has 0 radical (unpaired) electrons. The fourth-order valence-corrected chi connectivity index (χ4v) is 13.6. The molecule has 52 heavy (non-hydrogen) atoms. The lowest BCUT2D eigenvalue weighted by Crippen LogP contribution is -2.74. The number of hydrogen-bond donors (Lipinski definition) is 2. The minimum absolute atomic E-state index is 0.0176. The van der Waals surface area contributed by atoms with Crippen LogP contribution in [0.15, 0.2) is 22.0 Å². The number of rotatable bonds is 9. The molecule has 1 aromatic rings. The lowest BCUT2D eigenvalue weighted by Gasteiger charge is -2.74. The van der Waals surface area contributed by atoms with Gasteiger partial charge in [-0.3, -0.25) is 19.1 Å². The number of allylic oxidation sites excluding steroid dienone is 1. The topological polar surface area (TPSA) is 120 Å². The van der Waals surface area contributed by atoms with Crippen LogP contribution in [0.5, 0.6) is 0 Å². The number of nitrogens with two attached hydrogens (primary N) is 1. The first-order valence-corrected chi connectivity index (χ1v) is 20.3. The number of ether oxygens (including phenoxy) is 1. The van der Waals surface area contributed by atoms with Crippen LogP contribution in [0.25, 0.3) is 0 Å². The minimum Gasteiger partial charge on any atom is -0.481 e. The summed E-state index contributed by atoms with van der Waals surface area (Å²) in [6, 6.07) is 1.94. The highest BCUT2D eigenvalue weighted by atomic mass is 16.5. The number of carbonyl (C=O) groups excluding carboxylic acids is 1. The van der Waals surface area contributed by atoms with E-state index in [4.69, 9.17) is 10.5 Å². The maximum absolute atomic E-state index is 13.6. The molecule has 1 heterocycles. The fraction of sp³-hybridized carbons (Fsp3) is 0.837. The summed E-state index contributed by atoms with van der Waals surface area (Å²) in [4.78, 5) is 40.6. The van der Waals surface area contributed by atoms with Crippen molar-refractivity contribution in [2.45, 2.75) is 157 Å². The van der Waals surface area contributed by atoms with Crippen LogP contribution in [0.4, 0.5) is 0 Å². The molecule has 3 N–H and O–H groups in total. The second-order valence-corrected chi connectivity index (χ2v) is 20.6. The lowest BCUT2D eigenvalue weighted by molar-refractivity contribution is -0.235. The van der Waals surface area contributed by atoms with Gasteiger partial charge in [0, 0.05) is 36.0 Å². The molecule has 0 spiro atoms. The SMILES string of the molecule is CC(C)C1=C2C(c3cc(=O)n(CCN(C)C)n3C)(CC1)CC[C@]1(C)C2(N)CCC2C3(C)CCC(OC(=O)CC(C)(C)C(=O)O)C(C)(C)C3CCC21C. The summed E-state index contributed by atoms with van der Waals surface area (Å²) in [5.41, 5.74) is 10.3. The van der Waals surface area contributed by atoms with Crippen LogP contribution < -0.4 is 11.3 Å². The molecule has 1 aromatic heterocycles. The number of carboxylic acids is 1. The lowest BCUT2D eigenvalue weighted by atomic mass is 9.31. The zero-order chi connectivity index (χ0) is 38.6. The van der Waals surface area contributed by atoms with Crippen molar-refractivity contribution in [2.75, 3.05) is 20.6 Å². The Morgan fingerprint density at radius 3 is 2.27 bits per heavy atom. The zero-order valence-electron chi connectivity index (χ0n) is 34.6. The molecule has 0 amide bonds. The summed E-state index contributed by atoms with van der Waals surface area (Å²) in [5.74, 6) is -0.136. The van der Waals surface area contributed by atoms with Crippen molar-refractivity contribution in [1.29, 1.82) is 0 Å². The molecule has 5 aliphatic carbocycles. The normalized spacial score (nSPS) is 38.5. The van der Waals surface area contributed by atoms with Crippen molar-refractivity contribution in [2.24, 2.45) is 57.6 Å². The second kappa shape index (κ2) is 12.6. The van der Waals surface area contributed by atoms with E-state index in [9.17, 15) is 19.5 Å². The van der Waals surface area contributed by atoms with Crippen molar-refractivity contribution < 1.29 is 19.4 Å². The van der Waals surface area contributed by atoms with Gasteiger partial charge in [0.15, 0.2) is 0 Å². The minimum atomic E-state index is -1.16. The molecule has 4 fully saturated rings. The summed E-state index contributed by atoms with van der Waals surface area (Å²) in [7, 11) is 6.20. The Balaban J connectivity index is 1.35. The van der Waals surface area contributed by atoms with Crippen molar-refractivity contribution in [1.82, 2.24) is 14.3 Å². The van der Waals surface area contributed by atoms with Gasteiger partial charge in [-0.25, -0.2) is 4.68 Å². The molecule has 7 unspecified atom stereocenters. The number of aliphatic carboxylic acids is 1. The number of esters is 1. The van der Waals surface area contributed by atoms with Crippen molar-refractivity contribution in [3.05, 3.63) is 33.3 Å². The van der Waals surface area contributed by atoms with E-state index < -0.39 is 22.9 Å². The van der Waals surface area contributed by atoms with Crippen LogP contribution in [0.3, 0.4) is 0 Å². The summed E-state index contributed by atoms with van der Waals surface area (Å²) in [5, 5.41) is 9.63. The molecule has 6 rings (SSSR count). The summed E-state index contributed by atoms with van der Waals surface area (Å²) < 4.78 is 10.3. The van der Waals surface area contributed by atoms with Crippen LogP contribution in [0, 0.1) is 44.8 Å². The van der Waals surface area contributed by atoms with Crippen molar-refractivity contribution in [3.63, 3.8) is 0 Å². The first kappa shape index (κ1) is 39.3. The van der Waals surface area contributed by atoms with E-state index in [1.165, 1.54) is 11.1 Å². The average Bonchev–Trinajstić information content (AvgIpc) is 3.57. The molecule has 292 valence electrons. The number of aromatic nitrogens is 2. The van der Waals surface area contributed by atoms with E-state index in [0.717, 1.165) is 76.4 Å². The quantitative estimate of drug-likeness (QED) is 0.203. The van der Waals surface area contributed by atoms with Gasteiger partial charge in [-0.05, 0) is 132 Å². The molecule has 0 aromatic carbocycles. The monoisotopic (exact) mass is 723 g/mol. The third-order valence-corrected chi connectivity index (χ3v) is 16.8. The van der Waals surface area contributed by atoms with Gasteiger partial charge in [0.25, 0.3) is 5.56 Å². The highest BCUT2D eigenvalue weighted by Gasteiger charge is 2.73. The number of likely N-dealkylation sites (N-methyl/N-ethyl adjacent to an activating group) is 1. The smallest absolute Gasteiger partial charge is 0.309 e. The molecule has 9 nitrogen and oxygen atoms in total. The van der Waals surface area contributed by atoms with Gasteiger partial charge in [0.1, 0.15) is 6.10 Å². The van der Waals surface area contributed by atoms with Gasteiger partial charge >= 0.3 is 11.9 Å². The van der Waals surface area contributed by atoms with Gasteiger partial charge in [0.05, 0.1) is 24.1 Å². The van der Waals surface area contributed by atoms with Crippen LogP contribution in [0.1, 0.15) is 139 Å². The van der Waals surface area contributed by atoms with E-state index in [-0.39, 0.29) is 45.2 Å². The first-order chi connectivity index (χ1) is 23.9. The Hall–Kier alpha value is -2.39. The van der Waals surface area contributed by atoms with E-state index in [0.29, 0.717) is 24.3 Å². The van der Waals surface area contributed by atoms with E-state index in [1.54, 1.807) is 13.8 Å². The molecule has 0 bridgehead atoms. The second-order valence-electron chi connectivity index (χ2n) is 20.6. The maximum Gasteiger partial charge on any atom is 0.309 e. The van der Waals surface area contributed by atoms with Crippen LogP contribution in [-0.2, 0) is 33.3 Å². The number of fused-ring (bicyclic) bond motifs is 7. The predicted molar refractivity (Wildman–Crippen MR) is 206 cm³/mol. The maximum atomic E-state index is 13.6. The van der Waals surface area contributed by atoms with Crippen molar-refractivity contribution >= 4 is 11.9 Å². The zero-order valence-corrected chi connectivity index (χ0v) is 34.6. The van der Waals surface area contributed by atoms with Gasteiger partial charge < -0.3 is 20.5 Å². The van der Waals surface area contributed by atoms with Gasteiger partial charge in [-0.1, -0.05) is 54.0 Å². The summed E-state index contributed by atoms with van der Waals surface area (Å²) in [6.07, 6.45) is 9.68. The predicted octanol–water partition coefficient (Wildman–Crippen LogP) is 7.30. The van der Waals surface area contributed by atoms with Gasteiger partial charge in [0.2, 0.25) is 0 Å². The molecular formula is C43H70N4O5. The third kappa shape index (κ3) is 5.38. The molecule has 0 aliphatic heterocycles. The Kier molecular flexibility index (Phi) is 9.50. The fourth-order valence-electron chi connectivity index (χ4n) is 13.6. The number of carboxylic acid groups (broad SMARTS) is 1. The van der Waals surface area contributed by atoms with Gasteiger partial charge in [-0.2, -0.15) is 0 Å². The molecule has 4 saturated carbocycles. The van der Waals surface area contributed by atoms with Crippen LogP contribution in [0.2, 0.25) is 0 Å². The molecular weight excluding hydrogens is 652 g/mol. The number of nitrogens with zero attached hydrogens (tertiary/aromatic N) is 3. The largest absolute Gasteiger partial charge is 0.481 e. The van der Waals surface area contributed by atoms with E-state index in [2.05, 4.69) is 79.2 Å². The average molecular weight is 723 g/mol. The molecule has 8 atom stereocenters. The van der Waals surface area contributed by atoms with Gasteiger partial charge in [-0.15, -0.1) is 0 Å². The summed E-state index contributed by atoms with van der Waals surface area (Å²) >= 11 is 0. The third-order valence-electron chi connectivity index (χ3n) is 16.8. The highest BCUT2D eigenvalue weighted by molar-refractivity contribution is 5.81. The standard InChI is InChI=1S/C43H70N4O5/c1-27(2)28-13-19-42(31-25-33(48)47(46(31)12)24-23-45(10)11)22-21-41(9)40(8)18-14-29-38(5,6)32(52-34(49)26-37(3,4)36(50)51)16-17-39(29,7)30(40)15-20-43(41,44)35(28)42/h25,27,29-30,32H,13-24,26,44H2,1-12H3,(H,50,51)/t29?,30?,32?,39?,40?,41-,42?,43?/m0/s1. The van der Waals surface area contributed by atoms with Crippen LogP contribution in [-0.4, -0.2) is 63.6 Å². The Morgan fingerprint density at radius 2 is 1.65 bits per heavy atom. The van der Waals surface area contributed by atoms with Crippen LogP contribution >= 0.6 is 0 Å². The summed E-state index contributed by atoms with van der Waals surface area (Å²) in [6.45, 7) is 21.6. The number of hydrogen-bond acceptors (Lipinski definition) is 6. The highest BCUT2D eigenvalue weighted by Crippen LogP contribution is 2.77. The van der Waals surface area contributed by atoms with E-state index in [1.807, 2.05) is 10.7 Å². The Bertz CT molecular complexity index is 1700. The Labute approximate surface area is 313 Å². The van der Waals surface area contributed by atoms with Crippen molar-refractivity contribution in [3.8, 4) is 0 Å². The Morgan fingerprint density at radius 1 is 1.00 bits per heavy atom. The molecule has 5 aliphatic rings. The molecule has 9 heteroatoms. The first-order valence-electron chi connectivity index (χ1n) is 20.3. The molecule has 0 saturated heterocycles.